The zero-order chi connectivity index (χ0) is 15.1. The lowest BCUT2D eigenvalue weighted by Crippen LogP contribution is -2.30. The number of nitrogens with two attached hydrogens (primary N) is 1. The normalized spacial score (nSPS) is 12.3. The first-order valence-corrected chi connectivity index (χ1v) is 8.09. The topological polar surface area (TPSA) is 59.5 Å². The van der Waals surface area contributed by atoms with Crippen LogP contribution in [0.25, 0.3) is 0 Å². The van der Waals surface area contributed by atoms with Gasteiger partial charge in [-0.05, 0) is 42.5 Å². The van der Waals surface area contributed by atoms with Crippen molar-refractivity contribution in [2.24, 2.45) is 11.7 Å². The van der Waals surface area contributed by atoms with Crippen LogP contribution in [0.3, 0.4) is 0 Å². The van der Waals surface area contributed by atoms with E-state index in [2.05, 4.69) is 13.0 Å². The van der Waals surface area contributed by atoms with E-state index in [1.807, 2.05) is 28.5 Å². The second-order valence-corrected chi connectivity index (χ2v) is 6.32. The van der Waals surface area contributed by atoms with Crippen LogP contribution in [0.2, 0.25) is 0 Å². The lowest BCUT2D eigenvalue weighted by Gasteiger charge is -2.22. The fourth-order valence-corrected chi connectivity index (χ4v) is 2.78. The van der Waals surface area contributed by atoms with E-state index in [1.54, 1.807) is 17.6 Å². The third kappa shape index (κ3) is 5.02. The molecule has 21 heavy (non-hydrogen) atoms. The van der Waals surface area contributed by atoms with Gasteiger partial charge in [0.05, 0.1) is 19.4 Å². The SMILES string of the molecule is CC(CN)CCC(=O)N(Cc1ccco1)Cc1cccs1. The van der Waals surface area contributed by atoms with E-state index >= 15 is 0 Å². The molecule has 0 fully saturated rings. The number of rotatable bonds is 8. The van der Waals surface area contributed by atoms with Crippen molar-refractivity contribution in [1.29, 1.82) is 0 Å². The molecule has 0 aliphatic rings. The molecule has 0 saturated carbocycles. The number of furan rings is 1. The molecule has 0 saturated heterocycles. The van der Waals surface area contributed by atoms with Crippen LogP contribution in [0, 0.1) is 5.92 Å². The second-order valence-electron chi connectivity index (χ2n) is 5.29. The van der Waals surface area contributed by atoms with Gasteiger partial charge in [0, 0.05) is 11.3 Å². The minimum Gasteiger partial charge on any atom is -0.467 e. The molecule has 0 radical (unpaired) electrons. The van der Waals surface area contributed by atoms with E-state index in [4.69, 9.17) is 10.2 Å². The molecule has 1 unspecified atom stereocenters. The van der Waals surface area contributed by atoms with Gasteiger partial charge < -0.3 is 15.1 Å². The van der Waals surface area contributed by atoms with Gasteiger partial charge in [0.1, 0.15) is 5.76 Å². The molecule has 114 valence electrons. The van der Waals surface area contributed by atoms with Crippen LogP contribution >= 0.6 is 11.3 Å². The molecule has 5 heteroatoms. The zero-order valence-electron chi connectivity index (χ0n) is 12.3. The van der Waals surface area contributed by atoms with Gasteiger partial charge in [-0.1, -0.05) is 13.0 Å². The quantitative estimate of drug-likeness (QED) is 0.814. The number of carbonyl (C=O) groups is 1. The maximum Gasteiger partial charge on any atom is 0.223 e. The van der Waals surface area contributed by atoms with Crippen molar-refractivity contribution < 1.29 is 9.21 Å². The Balaban J connectivity index is 1.98. The Labute approximate surface area is 129 Å². The molecule has 2 rings (SSSR count). The predicted molar refractivity (Wildman–Crippen MR) is 84.7 cm³/mol. The highest BCUT2D eigenvalue weighted by Gasteiger charge is 2.17. The molecule has 0 aliphatic carbocycles. The number of thiophene rings is 1. The van der Waals surface area contributed by atoms with E-state index in [-0.39, 0.29) is 5.91 Å². The van der Waals surface area contributed by atoms with Gasteiger partial charge in [0.2, 0.25) is 5.91 Å². The Morgan fingerprint density at radius 1 is 1.38 bits per heavy atom. The Morgan fingerprint density at radius 3 is 2.86 bits per heavy atom. The molecule has 0 aromatic carbocycles. The largest absolute Gasteiger partial charge is 0.467 e. The molecular weight excluding hydrogens is 284 g/mol. The maximum atomic E-state index is 12.5. The predicted octanol–water partition coefficient (Wildman–Crippen LogP) is 3.24. The number of carbonyl (C=O) groups excluding carboxylic acids is 1. The summed E-state index contributed by atoms with van der Waals surface area (Å²) >= 11 is 1.67. The van der Waals surface area contributed by atoms with Crippen molar-refractivity contribution in [2.75, 3.05) is 6.54 Å². The van der Waals surface area contributed by atoms with Crippen molar-refractivity contribution in [2.45, 2.75) is 32.9 Å². The lowest BCUT2D eigenvalue weighted by molar-refractivity contribution is -0.133. The molecule has 4 nitrogen and oxygen atoms in total. The molecule has 2 N–H and O–H groups in total. The minimum atomic E-state index is 0.153. The molecule has 2 aromatic heterocycles. The summed E-state index contributed by atoms with van der Waals surface area (Å²) in [6.45, 7) is 3.84. The van der Waals surface area contributed by atoms with Crippen LogP contribution in [0.4, 0.5) is 0 Å². The van der Waals surface area contributed by atoms with Crippen LogP contribution in [-0.2, 0) is 17.9 Å². The third-order valence-corrected chi connectivity index (χ3v) is 4.32. The first-order valence-electron chi connectivity index (χ1n) is 7.21. The Bertz CT molecular complexity index is 486. The summed E-state index contributed by atoms with van der Waals surface area (Å²) in [5.74, 6) is 1.34. The van der Waals surface area contributed by atoms with E-state index in [9.17, 15) is 4.79 Å². The van der Waals surface area contributed by atoms with Gasteiger partial charge in [-0.15, -0.1) is 11.3 Å². The summed E-state index contributed by atoms with van der Waals surface area (Å²) in [6.07, 6.45) is 3.00. The fraction of sp³-hybridized carbons (Fsp3) is 0.438. The molecule has 0 aliphatic heterocycles. The highest BCUT2D eigenvalue weighted by atomic mass is 32.1. The average Bonchev–Trinajstić information content (AvgIpc) is 3.17. The van der Waals surface area contributed by atoms with Crippen LogP contribution in [-0.4, -0.2) is 17.4 Å². The Hall–Kier alpha value is -1.59. The maximum absolute atomic E-state index is 12.5. The molecule has 2 aromatic rings. The van der Waals surface area contributed by atoms with E-state index in [0.29, 0.717) is 32.0 Å². The standard InChI is InChI=1S/C16H22N2O2S/c1-13(10-17)6-7-16(19)18(11-14-4-2-8-20-14)12-15-5-3-9-21-15/h2-5,8-9,13H,6-7,10-12,17H2,1H3. The van der Waals surface area contributed by atoms with Gasteiger partial charge >= 0.3 is 0 Å². The molecule has 0 bridgehead atoms. The second kappa shape index (κ2) is 8.00. The van der Waals surface area contributed by atoms with Crippen molar-refractivity contribution >= 4 is 17.2 Å². The Kier molecular flexibility index (Phi) is 6.02. The van der Waals surface area contributed by atoms with Gasteiger partial charge in [0.15, 0.2) is 0 Å². The highest BCUT2D eigenvalue weighted by molar-refractivity contribution is 7.09. The monoisotopic (exact) mass is 306 g/mol. The summed E-state index contributed by atoms with van der Waals surface area (Å²) in [5.41, 5.74) is 5.62. The number of nitrogens with zero attached hydrogens (tertiary/aromatic N) is 1. The van der Waals surface area contributed by atoms with Gasteiger partial charge in [-0.25, -0.2) is 0 Å². The molecular formula is C16H22N2O2S. The highest BCUT2D eigenvalue weighted by Crippen LogP contribution is 2.17. The zero-order valence-corrected chi connectivity index (χ0v) is 13.1. The number of hydrogen-bond acceptors (Lipinski definition) is 4. The van der Waals surface area contributed by atoms with Crippen LogP contribution in [0.5, 0.6) is 0 Å². The molecule has 1 amide bonds. The lowest BCUT2D eigenvalue weighted by atomic mass is 10.1. The van der Waals surface area contributed by atoms with Gasteiger partial charge in [0.25, 0.3) is 0 Å². The first-order chi connectivity index (χ1) is 10.2. The van der Waals surface area contributed by atoms with Crippen molar-refractivity contribution in [3.05, 3.63) is 46.5 Å². The van der Waals surface area contributed by atoms with Gasteiger partial charge in [-0.3, -0.25) is 4.79 Å². The molecule has 1 atom stereocenters. The Morgan fingerprint density at radius 2 is 2.24 bits per heavy atom. The first kappa shape index (κ1) is 15.8. The van der Waals surface area contributed by atoms with Crippen molar-refractivity contribution in [3.63, 3.8) is 0 Å². The summed E-state index contributed by atoms with van der Waals surface area (Å²) in [7, 11) is 0. The van der Waals surface area contributed by atoms with Crippen LogP contribution in [0.15, 0.2) is 40.3 Å². The summed E-state index contributed by atoms with van der Waals surface area (Å²) in [6, 6.07) is 7.80. The van der Waals surface area contributed by atoms with Crippen molar-refractivity contribution in [3.8, 4) is 0 Å². The van der Waals surface area contributed by atoms with Crippen LogP contribution in [0.1, 0.15) is 30.4 Å². The van der Waals surface area contributed by atoms with Crippen LogP contribution < -0.4 is 5.73 Å². The summed E-state index contributed by atoms with van der Waals surface area (Å²) in [4.78, 5) is 15.5. The summed E-state index contributed by atoms with van der Waals surface area (Å²) < 4.78 is 5.37. The minimum absolute atomic E-state index is 0.153. The van der Waals surface area contributed by atoms with E-state index in [0.717, 1.165) is 12.2 Å². The molecule has 0 spiro atoms. The van der Waals surface area contributed by atoms with Gasteiger partial charge in [-0.2, -0.15) is 0 Å². The average molecular weight is 306 g/mol. The summed E-state index contributed by atoms with van der Waals surface area (Å²) in [5, 5.41) is 2.03. The molecule has 2 heterocycles. The third-order valence-electron chi connectivity index (χ3n) is 3.46. The number of amides is 1. The van der Waals surface area contributed by atoms with E-state index < -0.39 is 0 Å². The smallest absolute Gasteiger partial charge is 0.223 e. The van der Waals surface area contributed by atoms with E-state index in [1.165, 1.54) is 4.88 Å². The fourth-order valence-electron chi connectivity index (χ4n) is 2.06. The number of hydrogen-bond donors (Lipinski definition) is 1. The van der Waals surface area contributed by atoms with Crippen molar-refractivity contribution in [1.82, 2.24) is 4.90 Å².